The maximum atomic E-state index is 12.2. The molecule has 5 nitrogen and oxygen atoms in total. The smallest absolute Gasteiger partial charge is 0.223 e. The standard InChI is InChI=1S/C15H26N4O/c1-11(2)19-7-5-13(6-8-19)15(20)16-10-14-9-12(3)17-18(14)4/h9,11,13H,5-8,10H2,1-4H3,(H,16,20). The van der Waals surface area contributed by atoms with E-state index in [4.69, 9.17) is 0 Å². The lowest BCUT2D eigenvalue weighted by molar-refractivity contribution is -0.126. The first kappa shape index (κ1) is 15.0. The van der Waals surface area contributed by atoms with Crippen LogP contribution in [0.15, 0.2) is 6.07 Å². The summed E-state index contributed by atoms with van der Waals surface area (Å²) < 4.78 is 1.83. The molecule has 2 rings (SSSR count). The molecule has 1 aliphatic rings. The van der Waals surface area contributed by atoms with E-state index in [1.807, 2.05) is 24.7 Å². The van der Waals surface area contributed by atoms with Crippen LogP contribution < -0.4 is 5.32 Å². The summed E-state index contributed by atoms with van der Waals surface area (Å²) in [6, 6.07) is 2.60. The van der Waals surface area contributed by atoms with Gasteiger partial charge in [-0.2, -0.15) is 5.10 Å². The molecule has 0 aliphatic carbocycles. The number of hydrogen-bond acceptors (Lipinski definition) is 3. The minimum absolute atomic E-state index is 0.166. The number of hydrogen-bond donors (Lipinski definition) is 1. The molecule has 0 radical (unpaired) electrons. The van der Waals surface area contributed by atoms with Gasteiger partial charge in [-0.05, 0) is 52.8 Å². The fraction of sp³-hybridized carbons (Fsp3) is 0.733. The second-order valence-corrected chi connectivity index (χ2v) is 6.02. The first-order valence-electron chi connectivity index (χ1n) is 7.48. The van der Waals surface area contributed by atoms with Crippen molar-refractivity contribution in [2.45, 2.75) is 46.2 Å². The number of likely N-dealkylation sites (tertiary alicyclic amines) is 1. The van der Waals surface area contributed by atoms with Crippen LogP contribution in [0.4, 0.5) is 0 Å². The summed E-state index contributed by atoms with van der Waals surface area (Å²) >= 11 is 0. The molecule has 20 heavy (non-hydrogen) atoms. The van der Waals surface area contributed by atoms with Crippen LogP contribution in [-0.2, 0) is 18.4 Å². The Morgan fingerprint density at radius 3 is 2.60 bits per heavy atom. The van der Waals surface area contributed by atoms with Gasteiger partial charge in [0.1, 0.15) is 0 Å². The lowest BCUT2D eigenvalue weighted by atomic mass is 9.95. The zero-order valence-corrected chi connectivity index (χ0v) is 13.0. The summed E-state index contributed by atoms with van der Waals surface area (Å²) in [5.41, 5.74) is 2.04. The fourth-order valence-corrected chi connectivity index (χ4v) is 2.83. The van der Waals surface area contributed by atoms with Gasteiger partial charge in [-0.15, -0.1) is 0 Å². The maximum absolute atomic E-state index is 12.2. The summed E-state index contributed by atoms with van der Waals surface area (Å²) in [4.78, 5) is 14.6. The third-order valence-electron chi connectivity index (χ3n) is 4.17. The molecule has 0 bridgehead atoms. The molecular weight excluding hydrogens is 252 g/mol. The number of aryl methyl sites for hydroxylation is 2. The number of rotatable bonds is 4. The van der Waals surface area contributed by atoms with Gasteiger partial charge in [0.05, 0.1) is 17.9 Å². The highest BCUT2D eigenvalue weighted by Crippen LogP contribution is 2.19. The maximum Gasteiger partial charge on any atom is 0.223 e. The van der Waals surface area contributed by atoms with Crippen molar-refractivity contribution in [2.75, 3.05) is 13.1 Å². The van der Waals surface area contributed by atoms with Crippen LogP contribution in [0.2, 0.25) is 0 Å². The van der Waals surface area contributed by atoms with E-state index in [9.17, 15) is 4.79 Å². The van der Waals surface area contributed by atoms with E-state index in [1.165, 1.54) is 0 Å². The van der Waals surface area contributed by atoms with Gasteiger partial charge < -0.3 is 10.2 Å². The molecule has 1 fully saturated rings. The third-order valence-corrected chi connectivity index (χ3v) is 4.17. The molecule has 0 atom stereocenters. The van der Waals surface area contributed by atoms with Gasteiger partial charge in [0, 0.05) is 19.0 Å². The van der Waals surface area contributed by atoms with E-state index < -0.39 is 0 Å². The molecule has 2 heterocycles. The van der Waals surface area contributed by atoms with E-state index in [-0.39, 0.29) is 11.8 Å². The number of carbonyl (C=O) groups excluding carboxylic acids is 1. The predicted molar refractivity (Wildman–Crippen MR) is 79.2 cm³/mol. The van der Waals surface area contributed by atoms with Crippen LogP contribution in [0, 0.1) is 12.8 Å². The van der Waals surface area contributed by atoms with Crippen molar-refractivity contribution < 1.29 is 4.79 Å². The Morgan fingerprint density at radius 2 is 2.10 bits per heavy atom. The van der Waals surface area contributed by atoms with Crippen LogP contribution in [-0.4, -0.2) is 39.7 Å². The Labute approximate surface area is 121 Å². The normalized spacial score (nSPS) is 17.6. The van der Waals surface area contributed by atoms with Crippen molar-refractivity contribution in [1.29, 1.82) is 0 Å². The molecule has 5 heteroatoms. The molecule has 112 valence electrons. The van der Waals surface area contributed by atoms with Crippen molar-refractivity contribution in [2.24, 2.45) is 13.0 Å². The number of amides is 1. The lowest BCUT2D eigenvalue weighted by Crippen LogP contribution is -2.43. The van der Waals surface area contributed by atoms with E-state index in [0.29, 0.717) is 12.6 Å². The van der Waals surface area contributed by atoms with Crippen molar-refractivity contribution in [1.82, 2.24) is 20.0 Å². The van der Waals surface area contributed by atoms with Crippen LogP contribution in [0.1, 0.15) is 38.1 Å². The number of piperidine rings is 1. The minimum atomic E-state index is 0.166. The quantitative estimate of drug-likeness (QED) is 0.907. The first-order valence-corrected chi connectivity index (χ1v) is 7.48. The van der Waals surface area contributed by atoms with Gasteiger partial charge >= 0.3 is 0 Å². The Balaban J connectivity index is 1.80. The molecule has 0 spiro atoms. The highest BCUT2D eigenvalue weighted by molar-refractivity contribution is 5.78. The van der Waals surface area contributed by atoms with Crippen molar-refractivity contribution in [3.8, 4) is 0 Å². The molecule has 0 unspecified atom stereocenters. The Hall–Kier alpha value is -1.36. The topological polar surface area (TPSA) is 50.2 Å². The summed E-state index contributed by atoms with van der Waals surface area (Å²) in [5, 5.41) is 7.34. The van der Waals surface area contributed by atoms with Gasteiger partial charge in [0.2, 0.25) is 5.91 Å². The van der Waals surface area contributed by atoms with E-state index in [2.05, 4.69) is 29.2 Å². The summed E-state index contributed by atoms with van der Waals surface area (Å²) in [6.07, 6.45) is 1.93. The predicted octanol–water partition coefficient (Wildman–Crippen LogP) is 1.47. The number of nitrogens with zero attached hydrogens (tertiary/aromatic N) is 3. The molecular formula is C15H26N4O. The third kappa shape index (κ3) is 3.60. The Morgan fingerprint density at radius 1 is 1.45 bits per heavy atom. The molecule has 1 N–H and O–H groups in total. The van der Waals surface area contributed by atoms with Gasteiger partial charge in [-0.3, -0.25) is 9.48 Å². The minimum Gasteiger partial charge on any atom is -0.350 e. The second kappa shape index (κ2) is 6.39. The van der Waals surface area contributed by atoms with E-state index in [0.717, 1.165) is 37.3 Å². The summed E-state index contributed by atoms with van der Waals surface area (Å²) in [6.45, 7) is 9.02. The van der Waals surface area contributed by atoms with Crippen molar-refractivity contribution in [3.05, 3.63) is 17.5 Å². The summed E-state index contributed by atoms with van der Waals surface area (Å²) in [7, 11) is 1.91. The van der Waals surface area contributed by atoms with Crippen LogP contribution in [0.3, 0.4) is 0 Å². The van der Waals surface area contributed by atoms with Gasteiger partial charge in [0.25, 0.3) is 0 Å². The molecule has 0 aromatic carbocycles. The summed E-state index contributed by atoms with van der Waals surface area (Å²) in [5.74, 6) is 0.353. The number of carbonyl (C=O) groups is 1. The number of nitrogens with one attached hydrogen (secondary N) is 1. The monoisotopic (exact) mass is 278 g/mol. The van der Waals surface area contributed by atoms with Gasteiger partial charge in [-0.25, -0.2) is 0 Å². The van der Waals surface area contributed by atoms with Crippen LogP contribution in [0.25, 0.3) is 0 Å². The Bertz CT molecular complexity index is 458. The van der Waals surface area contributed by atoms with E-state index in [1.54, 1.807) is 0 Å². The van der Waals surface area contributed by atoms with Gasteiger partial charge in [0.15, 0.2) is 0 Å². The van der Waals surface area contributed by atoms with Crippen LogP contribution in [0.5, 0.6) is 0 Å². The molecule has 1 saturated heterocycles. The molecule has 1 aromatic rings. The zero-order valence-electron chi connectivity index (χ0n) is 13.0. The average Bonchev–Trinajstić information content (AvgIpc) is 2.74. The van der Waals surface area contributed by atoms with Crippen LogP contribution >= 0.6 is 0 Å². The van der Waals surface area contributed by atoms with Gasteiger partial charge in [-0.1, -0.05) is 0 Å². The fourth-order valence-electron chi connectivity index (χ4n) is 2.83. The Kier molecular flexibility index (Phi) is 4.81. The molecule has 1 aliphatic heterocycles. The average molecular weight is 278 g/mol. The second-order valence-electron chi connectivity index (χ2n) is 6.02. The SMILES string of the molecule is Cc1cc(CNC(=O)C2CCN(C(C)C)CC2)n(C)n1. The highest BCUT2D eigenvalue weighted by atomic mass is 16.1. The zero-order chi connectivity index (χ0) is 14.7. The number of aromatic nitrogens is 2. The van der Waals surface area contributed by atoms with E-state index >= 15 is 0 Å². The van der Waals surface area contributed by atoms with Crippen molar-refractivity contribution in [3.63, 3.8) is 0 Å². The largest absolute Gasteiger partial charge is 0.350 e. The first-order chi connectivity index (χ1) is 9.47. The lowest BCUT2D eigenvalue weighted by Gasteiger charge is -2.33. The molecule has 0 saturated carbocycles. The molecule has 1 aromatic heterocycles. The highest BCUT2D eigenvalue weighted by Gasteiger charge is 2.25. The molecule has 1 amide bonds. The van der Waals surface area contributed by atoms with Crippen molar-refractivity contribution >= 4 is 5.91 Å².